The zero-order valence-corrected chi connectivity index (χ0v) is 16.2. The molecule has 2 aliphatic heterocycles. The fraction of sp³-hybridized carbons (Fsp3) is 0.333. The number of nitrogens with one attached hydrogen (secondary N) is 1. The summed E-state index contributed by atoms with van der Waals surface area (Å²) in [5.74, 6) is 0.362. The summed E-state index contributed by atoms with van der Waals surface area (Å²) in [6.45, 7) is 4.02. The number of anilines is 1. The van der Waals surface area contributed by atoms with Gasteiger partial charge in [0.1, 0.15) is 5.75 Å². The van der Waals surface area contributed by atoms with Crippen LogP contribution in [0.4, 0.5) is 5.69 Å². The quantitative estimate of drug-likeness (QED) is 0.861. The van der Waals surface area contributed by atoms with Crippen molar-refractivity contribution < 1.29 is 14.3 Å². The molecule has 2 heterocycles. The molecule has 6 nitrogen and oxygen atoms in total. The second-order valence-electron chi connectivity index (χ2n) is 7.10. The van der Waals surface area contributed by atoms with Gasteiger partial charge in [-0.15, -0.1) is 0 Å². The maximum atomic E-state index is 13.0. The smallest absolute Gasteiger partial charge is 0.262 e. The molecular formula is C21H22ClN3O3. The van der Waals surface area contributed by atoms with Gasteiger partial charge >= 0.3 is 0 Å². The molecule has 4 rings (SSSR count). The molecule has 0 aliphatic carbocycles. The Hall–Kier alpha value is -2.57. The highest BCUT2D eigenvalue weighted by Gasteiger charge is 2.23. The van der Waals surface area contributed by atoms with Crippen LogP contribution in [0.3, 0.4) is 0 Å². The number of carbonyl (C=O) groups is 2. The summed E-state index contributed by atoms with van der Waals surface area (Å²) in [6.07, 6.45) is 0.927. The number of carbonyl (C=O) groups excluding carboxylic acids is 2. The van der Waals surface area contributed by atoms with Crippen LogP contribution in [-0.4, -0.2) is 54.4 Å². The van der Waals surface area contributed by atoms with E-state index in [0.29, 0.717) is 23.5 Å². The van der Waals surface area contributed by atoms with Crippen LogP contribution in [0.5, 0.6) is 5.75 Å². The lowest BCUT2D eigenvalue weighted by Gasteiger charge is -2.23. The SMILES string of the molecule is O=C1COc2cc(C(=O)N3CCCN(Cc4ccc(Cl)cc4)CC3)ccc2N1. The number of fused-ring (bicyclic) bond motifs is 1. The average Bonchev–Trinajstić information content (AvgIpc) is 2.94. The third-order valence-corrected chi connectivity index (χ3v) is 5.31. The molecule has 0 bridgehead atoms. The fourth-order valence-electron chi connectivity index (χ4n) is 3.57. The van der Waals surface area contributed by atoms with E-state index in [2.05, 4.69) is 10.2 Å². The number of benzene rings is 2. The molecule has 0 atom stereocenters. The highest BCUT2D eigenvalue weighted by Crippen LogP contribution is 2.29. The summed E-state index contributed by atoms with van der Waals surface area (Å²) < 4.78 is 5.43. The molecule has 146 valence electrons. The second kappa shape index (κ2) is 8.20. The minimum atomic E-state index is -0.181. The third-order valence-electron chi connectivity index (χ3n) is 5.06. The average molecular weight is 400 g/mol. The molecule has 1 N–H and O–H groups in total. The molecule has 2 aliphatic rings. The van der Waals surface area contributed by atoms with E-state index < -0.39 is 0 Å². The van der Waals surface area contributed by atoms with Crippen LogP contribution >= 0.6 is 11.6 Å². The van der Waals surface area contributed by atoms with Gasteiger partial charge in [0, 0.05) is 43.3 Å². The first kappa shape index (κ1) is 18.8. The second-order valence-corrected chi connectivity index (χ2v) is 7.53. The highest BCUT2D eigenvalue weighted by atomic mass is 35.5. The van der Waals surface area contributed by atoms with E-state index >= 15 is 0 Å². The Balaban J connectivity index is 1.39. The fourth-order valence-corrected chi connectivity index (χ4v) is 3.70. The lowest BCUT2D eigenvalue weighted by Crippen LogP contribution is -2.35. The molecule has 0 unspecified atom stereocenters. The van der Waals surface area contributed by atoms with Gasteiger partial charge in [-0.2, -0.15) is 0 Å². The molecule has 0 aromatic heterocycles. The molecule has 7 heteroatoms. The standard InChI is InChI=1S/C21H22ClN3O3/c22-17-5-2-15(3-6-17)13-24-8-1-9-25(11-10-24)21(27)16-4-7-18-19(12-16)28-14-20(26)23-18/h2-7,12H,1,8-11,13-14H2,(H,23,26). The van der Waals surface area contributed by atoms with Gasteiger partial charge in [-0.3, -0.25) is 14.5 Å². The predicted octanol–water partition coefficient (Wildman–Crippen LogP) is 3.02. The van der Waals surface area contributed by atoms with E-state index in [9.17, 15) is 9.59 Å². The lowest BCUT2D eigenvalue weighted by molar-refractivity contribution is -0.118. The van der Waals surface area contributed by atoms with E-state index in [1.165, 1.54) is 5.56 Å². The minimum absolute atomic E-state index is 0.00311. The van der Waals surface area contributed by atoms with Crippen LogP contribution in [0.25, 0.3) is 0 Å². The number of nitrogens with zero attached hydrogens (tertiary/aromatic N) is 2. The van der Waals surface area contributed by atoms with E-state index in [-0.39, 0.29) is 18.4 Å². The van der Waals surface area contributed by atoms with Gasteiger partial charge < -0.3 is 15.0 Å². The van der Waals surface area contributed by atoms with Crippen molar-refractivity contribution in [1.82, 2.24) is 9.80 Å². The molecule has 0 spiro atoms. The van der Waals surface area contributed by atoms with Crippen molar-refractivity contribution >= 4 is 29.1 Å². The Morgan fingerprint density at radius 1 is 1.07 bits per heavy atom. The van der Waals surface area contributed by atoms with Crippen molar-refractivity contribution in [2.75, 3.05) is 38.1 Å². The molecule has 2 aromatic rings. The topological polar surface area (TPSA) is 61.9 Å². The van der Waals surface area contributed by atoms with Gasteiger partial charge in [0.15, 0.2) is 6.61 Å². The summed E-state index contributed by atoms with van der Waals surface area (Å²) in [7, 11) is 0. The van der Waals surface area contributed by atoms with Gasteiger partial charge in [0.2, 0.25) is 0 Å². The van der Waals surface area contributed by atoms with Gasteiger partial charge in [-0.25, -0.2) is 0 Å². The normalized spacial score (nSPS) is 17.3. The molecule has 2 amide bonds. The van der Waals surface area contributed by atoms with Gasteiger partial charge in [0.25, 0.3) is 11.8 Å². The monoisotopic (exact) mass is 399 g/mol. The van der Waals surface area contributed by atoms with E-state index in [1.807, 2.05) is 29.2 Å². The first-order chi connectivity index (χ1) is 13.6. The Labute approximate surface area is 169 Å². The van der Waals surface area contributed by atoms with Crippen molar-refractivity contribution in [3.63, 3.8) is 0 Å². The Bertz CT molecular complexity index is 885. The molecule has 0 radical (unpaired) electrons. The molecule has 0 saturated carbocycles. The van der Waals surface area contributed by atoms with Crippen molar-refractivity contribution in [3.8, 4) is 5.75 Å². The van der Waals surface area contributed by atoms with Gasteiger partial charge in [0.05, 0.1) is 5.69 Å². The molecule has 28 heavy (non-hydrogen) atoms. The summed E-state index contributed by atoms with van der Waals surface area (Å²) in [5.41, 5.74) is 2.41. The van der Waals surface area contributed by atoms with Crippen LogP contribution in [0.1, 0.15) is 22.3 Å². The first-order valence-electron chi connectivity index (χ1n) is 9.41. The van der Waals surface area contributed by atoms with E-state index in [1.54, 1.807) is 18.2 Å². The summed E-state index contributed by atoms with van der Waals surface area (Å²) in [5, 5.41) is 3.48. The number of amides is 2. The van der Waals surface area contributed by atoms with Crippen molar-refractivity contribution in [2.45, 2.75) is 13.0 Å². The van der Waals surface area contributed by atoms with Crippen LogP contribution in [0, 0.1) is 0 Å². The van der Waals surface area contributed by atoms with Crippen molar-refractivity contribution in [2.24, 2.45) is 0 Å². The van der Waals surface area contributed by atoms with Crippen LogP contribution in [-0.2, 0) is 11.3 Å². The first-order valence-corrected chi connectivity index (χ1v) is 9.79. The summed E-state index contributed by atoms with van der Waals surface area (Å²) >= 11 is 5.96. The Morgan fingerprint density at radius 2 is 1.89 bits per heavy atom. The summed E-state index contributed by atoms with van der Waals surface area (Å²) in [6, 6.07) is 13.1. The lowest BCUT2D eigenvalue weighted by atomic mass is 10.1. The van der Waals surface area contributed by atoms with Gasteiger partial charge in [-0.1, -0.05) is 23.7 Å². The minimum Gasteiger partial charge on any atom is -0.482 e. The summed E-state index contributed by atoms with van der Waals surface area (Å²) in [4.78, 5) is 28.6. The molecular weight excluding hydrogens is 378 g/mol. The molecule has 2 aromatic carbocycles. The predicted molar refractivity (Wildman–Crippen MR) is 108 cm³/mol. The molecule has 1 saturated heterocycles. The van der Waals surface area contributed by atoms with Crippen LogP contribution in [0.2, 0.25) is 5.02 Å². The number of halogens is 1. The van der Waals surface area contributed by atoms with Crippen LogP contribution < -0.4 is 10.1 Å². The Kier molecular flexibility index (Phi) is 5.50. The number of hydrogen-bond donors (Lipinski definition) is 1. The third kappa shape index (κ3) is 4.29. The maximum absolute atomic E-state index is 13.0. The van der Waals surface area contributed by atoms with Crippen molar-refractivity contribution in [1.29, 1.82) is 0 Å². The largest absolute Gasteiger partial charge is 0.482 e. The zero-order valence-electron chi connectivity index (χ0n) is 15.5. The van der Waals surface area contributed by atoms with Gasteiger partial charge in [-0.05, 0) is 42.3 Å². The Morgan fingerprint density at radius 3 is 2.71 bits per heavy atom. The maximum Gasteiger partial charge on any atom is 0.262 e. The van der Waals surface area contributed by atoms with E-state index in [0.717, 1.165) is 37.6 Å². The van der Waals surface area contributed by atoms with E-state index in [4.69, 9.17) is 16.3 Å². The highest BCUT2D eigenvalue weighted by molar-refractivity contribution is 6.30. The van der Waals surface area contributed by atoms with Crippen LogP contribution in [0.15, 0.2) is 42.5 Å². The van der Waals surface area contributed by atoms with Crippen molar-refractivity contribution in [3.05, 3.63) is 58.6 Å². The number of hydrogen-bond acceptors (Lipinski definition) is 4. The zero-order chi connectivity index (χ0) is 19.5. The number of ether oxygens (including phenoxy) is 1. The number of rotatable bonds is 3. The molecule has 1 fully saturated rings.